The lowest BCUT2D eigenvalue weighted by Gasteiger charge is -2.17. The predicted molar refractivity (Wildman–Crippen MR) is 76.6 cm³/mol. The van der Waals surface area contributed by atoms with Gasteiger partial charge in [-0.3, -0.25) is 0 Å². The van der Waals surface area contributed by atoms with E-state index in [9.17, 15) is 4.79 Å². The van der Waals surface area contributed by atoms with Gasteiger partial charge in [-0.15, -0.1) is 0 Å². The largest absolute Gasteiger partial charge is 0.467 e. The summed E-state index contributed by atoms with van der Waals surface area (Å²) in [5.74, 6) is 0.599. The lowest BCUT2D eigenvalue weighted by molar-refractivity contribution is -0.141. The second-order valence-electron chi connectivity index (χ2n) is 4.13. The fourth-order valence-electron chi connectivity index (χ4n) is 1.79. The number of aromatic nitrogens is 2. The van der Waals surface area contributed by atoms with Crippen LogP contribution in [0.3, 0.4) is 0 Å². The maximum atomic E-state index is 11.9. The molecule has 0 aliphatic carbocycles. The van der Waals surface area contributed by atoms with Crippen molar-refractivity contribution >= 4 is 23.4 Å². The van der Waals surface area contributed by atoms with Crippen LogP contribution in [0.15, 0.2) is 36.4 Å². The number of nitrogens with one attached hydrogen (secondary N) is 1. The molecule has 0 fully saturated rings. The molecule has 6 heteroatoms. The van der Waals surface area contributed by atoms with Gasteiger partial charge in [0.25, 0.3) is 0 Å². The first-order valence-electron chi connectivity index (χ1n) is 6.00. The first kappa shape index (κ1) is 14.3. The van der Waals surface area contributed by atoms with Crippen LogP contribution in [0.2, 0.25) is 5.15 Å². The molecular weight excluding hydrogens is 278 g/mol. The SMILES string of the molecule is COC(=O)C(Nc1cc(Cl)nc(C)n1)c1ccccc1. The molecular formula is C14H14ClN3O2. The molecule has 1 unspecified atom stereocenters. The Morgan fingerprint density at radius 3 is 2.60 bits per heavy atom. The molecule has 5 nitrogen and oxygen atoms in total. The van der Waals surface area contributed by atoms with Gasteiger partial charge in [0.05, 0.1) is 7.11 Å². The Morgan fingerprint density at radius 2 is 2.00 bits per heavy atom. The van der Waals surface area contributed by atoms with E-state index in [2.05, 4.69) is 15.3 Å². The molecule has 0 radical (unpaired) electrons. The molecule has 0 spiro atoms. The average Bonchev–Trinajstić information content (AvgIpc) is 2.44. The maximum absolute atomic E-state index is 11.9. The van der Waals surface area contributed by atoms with Crippen LogP contribution in [0.4, 0.5) is 5.82 Å². The van der Waals surface area contributed by atoms with Crippen LogP contribution in [0, 0.1) is 6.92 Å². The number of hydrogen-bond acceptors (Lipinski definition) is 5. The highest BCUT2D eigenvalue weighted by Crippen LogP contribution is 2.21. The third kappa shape index (κ3) is 3.45. The van der Waals surface area contributed by atoms with Gasteiger partial charge in [-0.05, 0) is 12.5 Å². The van der Waals surface area contributed by atoms with E-state index >= 15 is 0 Å². The van der Waals surface area contributed by atoms with Crippen LogP contribution in [-0.4, -0.2) is 23.0 Å². The van der Waals surface area contributed by atoms with Gasteiger partial charge in [0, 0.05) is 6.07 Å². The lowest BCUT2D eigenvalue weighted by Crippen LogP contribution is -2.23. The van der Waals surface area contributed by atoms with Gasteiger partial charge in [-0.1, -0.05) is 41.9 Å². The van der Waals surface area contributed by atoms with Crippen LogP contribution in [0.1, 0.15) is 17.4 Å². The Hall–Kier alpha value is -2.14. The minimum Gasteiger partial charge on any atom is -0.467 e. The van der Waals surface area contributed by atoms with Gasteiger partial charge in [0.1, 0.15) is 16.8 Å². The first-order valence-corrected chi connectivity index (χ1v) is 6.38. The number of nitrogens with zero attached hydrogens (tertiary/aromatic N) is 2. The Kier molecular flexibility index (Phi) is 4.53. The van der Waals surface area contributed by atoms with Crippen molar-refractivity contribution in [3.05, 3.63) is 52.9 Å². The fourth-order valence-corrected chi connectivity index (χ4v) is 2.02. The highest BCUT2D eigenvalue weighted by molar-refractivity contribution is 6.29. The molecule has 0 amide bonds. The number of benzene rings is 1. The second kappa shape index (κ2) is 6.34. The summed E-state index contributed by atoms with van der Waals surface area (Å²) in [6.45, 7) is 1.73. The molecule has 2 aromatic rings. The molecule has 1 aromatic carbocycles. The monoisotopic (exact) mass is 291 g/mol. The number of carbonyl (C=O) groups is 1. The Bertz CT molecular complexity index is 584. The van der Waals surface area contributed by atoms with Crippen molar-refractivity contribution in [3.63, 3.8) is 0 Å². The lowest BCUT2D eigenvalue weighted by atomic mass is 10.1. The molecule has 1 aromatic heterocycles. The molecule has 104 valence electrons. The Balaban J connectivity index is 2.31. The molecule has 1 heterocycles. The zero-order valence-corrected chi connectivity index (χ0v) is 11.9. The van der Waals surface area contributed by atoms with E-state index in [0.717, 1.165) is 5.56 Å². The summed E-state index contributed by atoms with van der Waals surface area (Å²) in [6.07, 6.45) is 0. The van der Waals surface area contributed by atoms with Gasteiger partial charge in [-0.2, -0.15) is 0 Å². The number of hydrogen-bond donors (Lipinski definition) is 1. The summed E-state index contributed by atoms with van der Waals surface area (Å²) >= 11 is 5.89. The van der Waals surface area contributed by atoms with Crippen LogP contribution >= 0.6 is 11.6 Å². The standard InChI is InChI=1S/C14H14ClN3O2/c1-9-16-11(15)8-12(17-9)18-13(14(19)20-2)10-6-4-3-5-7-10/h3-8,13H,1-2H3,(H,16,17,18). The predicted octanol–water partition coefficient (Wildman–Crippen LogP) is 2.76. The number of aryl methyl sites for hydroxylation is 1. The van der Waals surface area contributed by atoms with Crippen molar-refractivity contribution < 1.29 is 9.53 Å². The van der Waals surface area contributed by atoms with Crippen molar-refractivity contribution in [1.29, 1.82) is 0 Å². The number of anilines is 1. The molecule has 0 saturated carbocycles. The first-order chi connectivity index (χ1) is 9.60. The van der Waals surface area contributed by atoms with Crippen molar-refractivity contribution in [2.75, 3.05) is 12.4 Å². The summed E-state index contributed by atoms with van der Waals surface area (Å²) in [7, 11) is 1.35. The minimum atomic E-state index is -0.647. The van der Waals surface area contributed by atoms with Crippen molar-refractivity contribution in [1.82, 2.24) is 9.97 Å². The third-order valence-electron chi connectivity index (χ3n) is 2.67. The molecule has 0 aliphatic heterocycles. The van der Waals surface area contributed by atoms with Gasteiger partial charge in [0.2, 0.25) is 0 Å². The number of halogens is 1. The molecule has 1 N–H and O–H groups in total. The number of rotatable bonds is 4. The summed E-state index contributed by atoms with van der Waals surface area (Å²) < 4.78 is 4.82. The van der Waals surface area contributed by atoms with Crippen molar-refractivity contribution in [2.24, 2.45) is 0 Å². The van der Waals surface area contributed by atoms with E-state index in [-0.39, 0.29) is 0 Å². The summed E-state index contributed by atoms with van der Waals surface area (Å²) in [6, 6.07) is 10.2. The number of methoxy groups -OCH3 is 1. The molecule has 0 aliphatic rings. The second-order valence-corrected chi connectivity index (χ2v) is 4.52. The van der Waals surface area contributed by atoms with Gasteiger partial charge in [0.15, 0.2) is 6.04 Å². The number of ether oxygens (including phenoxy) is 1. The van der Waals surface area contributed by atoms with Gasteiger partial charge < -0.3 is 10.1 Å². The fraction of sp³-hybridized carbons (Fsp3) is 0.214. The van der Waals surface area contributed by atoms with E-state index in [4.69, 9.17) is 16.3 Å². The van der Waals surface area contributed by atoms with Crippen LogP contribution < -0.4 is 5.32 Å². The average molecular weight is 292 g/mol. The number of carbonyl (C=O) groups excluding carboxylic acids is 1. The van der Waals surface area contributed by atoms with Gasteiger partial charge in [-0.25, -0.2) is 14.8 Å². The zero-order chi connectivity index (χ0) is 14.5. The Morgan fingerprint density at radius 1 is 1.30 bits per heavy atom. The normalized spacial score (nSPS) is 11.8. The Labute approximate surface area is 122 Å². The molecule has 2 rings (SSSR count). The van der Waals surface area contributed by atoms with E-state index in [0.29, 0.717) is 16.8 Å². The van der Waals surface area contributed by atoms with E-state index in [1.54, 1.807) is 13.0 Å². The maximum Gasteiger partial charge on any atom is 0.333 e. The minimum absolute atomic E-state index is 0.316. The summed E-state index contributed by atoms with van der Waals surface area (Å²) in [4.78, 5) is 20.1. The smallest absolute Gasteiger partial charge is 0.333 e. The quantitative estimate of drug-likeness (QED) is 0.693. The van der Waals surface area contributed by atoms with E-state index < -0.39 is 12.0 Å². The summed E-state index contributed by atoms with van der Waals surface area (Å²) in [5, 5.41) is 3.33. The zero-order valence-electron chi connectivity index (χ0n) is 11.1. The van der Waals surface area contributed by atoms with Crippen LogP contribution in [0.5, 0.6) is 0 Å². The van der Waals surface area contributed by atoms with E-state index in [1.165, 1.54) is 7.11 Å². The van der Waals surface area contributed by atoms with Crippen molar-refractivity contribution in [3.8, 4) is 0 Å². The molecule has 20 heavy (non-hydrogen) atoms. The molecule has 0 saturated heterocycles. The highest BCUT2D eigenvalue weighted by Gasteiger charge is 2.21. The topological polar surface area (TPSA) is 64.1 Å². The molecule has 0 bridgehead atoms. The van der Waals surface area contributed by atoms with Crippen molar-refractivity contribution in [2.45, 2.75) is 13.0 Å². The molecule has 1 atom stereocenters. The van der Waals surface area contributed by atoms with Gasteiger partial charge >= 0.3 is 5.97 Å². The third-order valence-corrected chi connectivity index (χ3v) is 2.86. The highest BCUT2D eigenvalue weighted by atomic mass is 35.5. The van der Waals surface area contributed by atoms with E-state index in [1.807, 2.05) is 30.3 Å². The van der Waals surface area contributed by atoms with Crippen LogP contribution in [0.25, 0.3) is 0 Å². The number of esters is 1. The van der Waals surface area contributed by atoms with Crippen LogP contribution in [-0.2, 0) is 9.53 Å². The summed E-state index contributed by atoms with van der Waals surface area (Å²) in [5.41, 5.74) is 0.784.